The van der Waals surface area contributed by atoms with Crippen LogP contribution in [0.3, 0.4) is 0 Å². The van der Waals surface area contributed by atoms with E-state index in [0.717, 1.165) is 18.0 Å². The van der Waals surface area contributed by atoms with Crippen molar-refractivity contribution in [2.75, 3.05) is 38.7 Å². The van der Waals surface area contributed by atoms with E-state index in [1.807, 2.05) is 42.5 Å². The van der Waals surface area contributed by atoms with Gasteiger partial charge in [0.1, 0.15) is 5.75 Å². The quantitative estimate of drug-likeness (QED) is 0.918. The molecule has 5 heteroatoms. The summed E-state index contributed by atoms with van der Waals surface area (Å²) in [6.45, 7) is 2.35. The van der Waals surface area contributed by atoms with E-state index in [4.69, 9.17) is 9.47 Å². The van der Waals surface area contributed by atoms with Crippen LogP contribution in [0.1, 0.15) is 11.6 Å². The smallest absolute Gasteiger partial charge is 0.238 e. The van der Waals surface area contributed by atoms with Crippen molar-refractivity contribution >= 4 is 11.6 Å². The van der Waals surface area contributed by atoms with Crippen LogP contribution in [0.15, 0.2) is 54.6 Å². The second kappa shape index (κ2) is 7.95. The standard InChI is InChI=1S/C19H22N2O3/c1-23-17-9-7-16(8-10-17)20-19(22)13-21-11-12-24-14-18(21)15-5-3-2-4-6-15/h2-10,18H,11-14H2,1H3,(H,20,22)/t18-/m0/s1. The molecule has 1 saturated heterocycles. The topological polar surface area (TPSA) is 50.8 Å². The Morgan fingerprint density at radius 3 is 2.67 bits per heavy atom. The molecule has 3 rings (SSSR count). The van der Waals surface area contributed by atoms with Gasteiger partial charge in [0.2, 0.25) is 5.91 Å². The number of nitrogens with zero attached hydrogens (tertiary/aromatic N) is 1. The van der Waals surface area contributed by atoms with Crippen LogP contribution in [0.5, 0.6) is 5.75 Å². The zero-order valence-electron chi connectivity index (χ0n) is 13.8. The van der Waals surface area contributed by atoms with Crippen LogP contribution in [0.25, 0.3) is 0 Å². The summed E-state index contributed by atoms with van der Waals surface area (Å²) in [7, 11) is 1.62. The van der Waals surface area contributed by atoms with Gasteiger partial charge in [0.05, 0.1) is 32.9 Å². The minimum absolute atomic E-state index is 0.0250. The molecule has 2 aromatic rings. The molecule has 0 radical (unpaired) electrons. The minimum atomic E-state index is -0.0250. The van der Waals surface area contributed by atoms with Crippen LogP contribution in [0.4, 0.5) is 5.69 Å². The maximum absolute atomic E-state index is 12.4. The first kappa shape index (κ1) is 16.5. The van der Waals surface area contributed by atoms with Crippen molar-refractivity contribution in [2.24, 2.45) is 0 Å². The van der Waals surface area contributed by atoms with E-state index in [0.29, 0.717) is 19.8 Å². The Hall–Kier alpha value is -2.37. The fraction of sp³-hybridized carbons (Fsp3) is 0.316. The monoisotopic (exact) mass is 326 g/mol. The highest BCUT2D eigenvalue weighted by atomic mass is 16.5. The van der Waals surface area contributed by atoms with Gasteiger partial charge in [0.25, 0.3) is 0 Å². The first-order valence-electron chi connectivity index (χ1n) is 8.07. The van der Waals surface area contributed by atoms with Gasteiger partial charge >= 0.3 is 0 Å². The van der Waals surface area contributed by atoms with Crippen molar-refractivity contribution in [1.82, 2.24) is 4.90 Å². The molecule has 24 heavy (non-hydrogen) atoms. The van der Waals surface area contributed by atoms with Gasteiger partial charge in [-0.25, -0.2) is 0 Å². The third-order valence-corrected chi connectivity index (χ3v) is 4.14. The molecule has 0 aromatic heterocycles. The zero-order valence-corrected chi connectivity index (χ0v) is 13.8. The Balaban J connectivity index is 1.63. The van der Waals surface area contributed by atoms with Crippen LogP contribution in [0, 0.1) is 0 Å². The average molecular weight is 326 g/mol. The van der Waals surface area contributed by atoms with E-state index < -0.39 is 0 Å². The maximum atomic E-state index is 12.4. The summed E-state index contributed by atoms with van der Waals surface area (Å²) in [5.74, 6) is 0.744. The molecule has 1 aliphatic rings. The summed E-state index contributed by atoms with van der Waals surface area (Å²) in [6, 6.07) is 17.6. The van der Waals surface area contributed by atoms with Crippen LogP contribution >= 0.6 is 0 Å². The summed E-state index contributed by atoms with van der Waals surface area (Å²) in [5.41, 5.74) is 1.94. The Bertz CT molecular complexity index is 658. The molecule has 2 aromatic carbocycles. The molecule has 1 fully saturated rings. The average Bonchev–Trinajstić information content (AvgIpc) is 2.63. The molecule has 1 amide bonds. The molecular weight excluding hydrogens is 304 g/mol. The van der Waals surface area contributed by atoms with E-state index in [1.54, 1.807) is 7.11 Å². The molecule has 0 bridgehead atoms. The number of carbonyl (C=O) groups is 1. The summed E-state index contributed by atoms with van der Waals surface area (Å²) in [4.78, 5) is 14.6. The van der Waals surface area contributed by atoms with E-state index in [1.165, 1.54) is 5.56 Å². The van der Waals surface area contributed by atoms with Crippen LogP contribution in [-0.4, -0.2) is 44.2 Å². The molecule has 1 N–H and O–H groups in total. The molecule has 0 aliphatic carbocycles. The van der Waals surface area contributed by atoms with Crippen LogP contribution in [0.2, 0.25) is 0 Å². The maximum Gasteiger partial charge on any atom is 0.238 e. The Kier molecular flexibility index (Phi) is 5.46. The SMILES string of the molecule is COc1ccc(NC(=O)CN2CCOC[C@H]2c2ccccc2)cc1. The summed E-state index contributed by atoms with van der Waals surface area (Å²) in [6.07, 6.45) is 0. The van der Waals surface area contributed by atoms with Crippen molar-refractivity contribution in [3.63, 3.8) is 0 Å². The molecule has 0 spiro atoms. The molecule has 1 heterocycles. The third kappa shape index (κ3) is 4.13. The molecular formula is C19H22N2O3. The second-order valence-electron chi connectivity index (χ2n) is 5.75. The lowest BCUT2D eigenvalue weighted by atomic mass is 10.1. The number of rotatable bonds is 5. The number of morpholine rings is 1. The number of amides is 1. The number of anilines is 1. The number of nitrogens with one attached hydrogen (secondary N) is 1. The first-order chi connectivity index (χ1) is 11.8. The largest absolute Gasteiger partial charge is 0.497 e. The predicted octanol–water partition coefficient (Wildman–Crippen LogP) is 2.71. The van der Waals surface area contributed by atoms with Gasteiger partial charge in [-0.15, -0.1) is 0 Å². The molecule has 0 unspecified atom stereocenters. The van der Waals surface area contributed by atoms with Gasteiger partial charge < -0.3 is 14.8 Å². The van der Waals surface area contributed by atoms with Gasteiger partial charge in [0.15, 0.2) is 0 Å². The Morgan fingerprint density at radius 1 is 1.21 bits per heavy atom. The molecule has 5 nitrogen and oxygen atoms in total. The van der Waals surface area contributed by atoms with Crippen LogP contribution < -0.4 is 10.1 Å². The lowest BCUT2D eigenvalue weighted by Crippen LogP contribution is -2.43. The number of carbonyl (C=O) groups excluding carboxylic acids is 1. The molecule has 126 valence electrons. The van der Waals surface area contributed by atoms with Crippen LogP contribution in [-0.2, 0) is 9.53 Å². The zero-order chi connectivity index (χ0) is 16.8. The molecule has 0 saturated carbocycles. The van der Waals surface area contributed by atoms with Crippen molar-refractivity contribution in [3.05, 3.63) is 60.2 Å². The van der Waals surface area contributed by atoms with Gasteiger partial charge in [0, 0.05) is 12.2 Å². The van der Waals surface area contributed by atoms with Gasteiger partial charge in [-0.1, -0.05) is 30.3 Å². The van der Waals surface area contributed by atoms with Crippen molar-refractivity contribution < 1.29 is 14.3 Å². The highest BCUT2D eigenvalue weighted by Crippen LogP contribution is 2.24. The van der Waals surface area contributed by atoms with Gasteiger partial charge in [-0.3, -0.25) is 9.69 Å². The van der Waals surface area contributed by atoms with Crippen molar-refractivity contribution in [3.8, 4) is 5.75 Å². The lowest BCUT2D eigenvalue weighted by molar-refractivity contribution is -0.119. The van der Waals surface area contributed by atoms with E-state index >= 15 is 0 Å². The molecule has 1 aliphatic heterocycles. The fourth-order valence-electron chi connectivity index (χ4n) is 2.87. The van der Waals surface area contributed by atoms with E-state index in [9.17, 15) is 4.79 Å². The normalized spacial score (nSPS) is 18.1. The number of hydrogen-bond acceptors (Lipinski definition) is 4. The number of ether oxygens (including phenoxy) is 2. The number of benzene rings is 2. The third-order valence-electron chi connectivity index (χ3n) is 4.14. The Labute approximate surface area is 142 Å². The lowest BCUT2D eigenvalue weighted by Gasteiger charge is -2.35. The predicted molar refractivity (Wildman–Crippen MR) is 93.2 cm³/mol. The Morgan fingerprint density at radius 2 is 1.96 bits per heavy atom. The minimum Gasteiger partial charge on any atom is -0.497 e. The second-order valence-corrected chi connectivity index (χ2v) is 5.75. The van der Waals surface area contributed by atoms with Gasteiger partial charge in [-0.2, -0.15) is 0 Å². The number of hydrogen-bond donors (Lipinski definition) is 1. The van der Waals surface area contributed by atoms with Gasteiger partial charge in [-0.05, 0) is 29.8 Å². The first-order valence-corrected chi connectivity index (χ1v) is 8.07. The van der Waals surface area contributed by atoms with E-state index in [-0.39, 0.29) is 11.9 Å². The highest BCUT2D eigenvalue weighted by molar-refractivity contribution is 5.92. The number of methoxy groups -OCH3 is 1. The van der Waals surface area contributed by atoms with Crippen molar-refractivity contribution in [1.29, 1.82) is 0 Å². The fourth-order valence-corrected chi connectivity index (χ4v) is 2.87. The summed E-state index contributed by atoms with van der Waals surface area (Å²) < 4.78 is 10.7. The highest BCUT2D eigenvalue weighted by Gasteiger charge is 2.26. The summed E-state index contributed by atoms with van der Waals surface area (Å²) >= 11 is 0. The molecule has 1 atom stereocenters. The van der Waals surface area contributed by atoms with Crippen molar-refractivity contribution in [2.45, 2.75) is 6.04 Å². The van der Waals surface area contributed by atoms with E-state index in [2.05, 4.69) is 22.3 Å². The summed E-state index contributed by atoms with van der Waals surface area (Å²) in [5, 5.41) is 2.94.